The fourth-order valence-corrected chi connectivity index (χ4v) is 2.43. The van der Waals surface area contributed by atoms with Gasteiger partial charge >= 0.3 is 0 Å². The smallest absolute Gasteiger partial charge is 0.235 e. The molecule has 1 rings (SSSR count). The Labute approximate surface area is 109 Å². The van der Waals surface area contributed by atoms with Crippen LogP contribution in [0.3, 0.4) is 0 Å². The van der Waals surface area contributed by atoms with E-state index < -0.39 is 11.9 Å². The average Bonchev–Trinajstić information content (AvgIpc) is 2.57. The van der Waals surface area contributed by atoms with E-state index in [1.165, 1.54) is 25.7 Å². The first-order chi connectivity index (χ1) is 8.63. The molecule has 0 saturated heterocycles. The van der Waals surface area contributed by atoms with Gasteiger partial charge in [-0.3, -0.25) is 9.59 Å². The molecule has 1 aliphatic carbocycles. The summed E-state index contributed by atoms with van der Waals surface area (Å²) in [6.07, 6.45) is 7.16. The van der Waals surface area contributed by atoms with Gasteiger partial charge in [0, 0.05) is 12.6 Å². The topological polar surface area (TPSA) is 84.2 Å². The van der Waals surface area contributed by atoms with E-state index in [4.69, 9.17) is 5.73 Å². The van der Waals surface area contributed by atoms with E-state index in [2.05, 4.69) is 10.6 Å². The molecule has 0 spiro atoms. The predicted octanol–water partition coefficient (Wildman–Crippen LogP) is 0.679. The molecular weight excluding hydrogens is 230 g/mol. The van der Waals surface area contributed by atoms with Crippen LogP contribution in [0.1, 0.15) is 51.9 Å². The number of carbonyl (C=O) groups is 2. The maximum atomic E-state index is 11.5. The van der Waals surface area contributed by atoms with Gasteiger partial charge in [-0.25, -0.2) is 0 Å². The Hall–Kier alpha value is -1.10. The van der Waals surface area contributed by atoms with Gasteiger partial charge in [-0.05, 0) is 19.8 Å². The Kier molecular flexibility index (Phi) is 6.72. The summed E-state index contributed by atoms with van der Waals surface area (Å²) in [6, 6.07) is -0.223. The highest BCUT2D eigenvalue weighted by Gasteiger charge is 2.23. The van der Waals surface area contributed by atoms with Gasteiger partial charge < -0.3 is 16.4 Å². The largest absolute Gasteiger partial charge is 0.368 e. The van der Waals surface area contributed by atoms with Crippen LogP contribution in [0.25, 0.3) is 0 Å². The Balaban J connectivity index is 2.45. The molecule has 1 aliphatic rings. The summed E-state index contributed by atoms with van der Waals surface area (Å²) in [7, 11) is 0. The highest BCUT2D eigenvalue weighted by Crippen LogP contribution is 2.17. The summed E-state index contributed by atoms with van der Waals surface area (Å²) in [5.74, 6) is -0.562. The summed E-state index contributed by atoms with van der Waals surface area (Å²) in [6.45, 7) is 2.43. The number of nitrogens with two attached hydrogens (primary N) is 1. The van der Waals surface area contributed by atoms with Gasteiger partial charge in [-0.2, -0.15) is 0 Å². The fraction of sp³-hybridized carbons (Fsp3) is 0.846. The molecule has 5 nitrogen and oxygen atoms in total. The Morgan fingerprint density at radius 2 is 1.83 bits per heavy atom. The summed E-state index contributed by atoms with van der Waals surface area (Å²) in [4.78, 5) is 22.9. The summed E-state index contributed by atoms with van der Waals surface area (Å²) in [5.41, 5.74) is 5.36. The maximum absolute atomic E-state index is 11.5. The second-order valence-corrected chi connectivity index (χ2v) is 4.97. The highest BCUT2D eigenvalue weighted by molar-refractivity contribution is 5.87. The molecule has 1 saturated carbocycles. The molecule has 0 radical (unpaired) electrons. The van der Waals surface area contributed by atoms with Crippen LogP contribution in [0.15, 0.2) is 0 Å². The van der Waals surface area contributed by atoms with Crippen molar-refractivity contribution in [2.45, 2.75) is 64.0 Å². The molecule has 2 amide bonds. The van der Waals surface area contributed by atoms with Gasteiger partial charge in [0.1, 0.15) is 0 Å². The standard InChI is InChI=1S/C13H25N3O2/c1-2-15-12(17)9-11(13(14)18)16-10-7-5-3-4-6-8-10/h10-11,16H,2-9H2,1H3,(H2,14,18)(H,15,17). The molecule has 0 heterocycles. The van der Waals surface area contributed by atoms with Gasteiger partial charge in [0.15, 0.2) is 0 Å². The number of carbonyl (C=O) groups excluding carboxylic acids is 2. The summed E-state index contributed by atoms with van der Waals surface area (Å²) < 4.78 is 0. The van der Waals surface area contributed by atoms with Gasteiger partial charge in [0.2, 0.25) is 11.8 Å². The first-order valence-corrected chi connectivity index (χ1v) is 6.95. The van der Waals surface area contributed by atoms with E-state index >= 15 is 0 Å². The lowest BCUT2D eigenvalue weighted by Gasteiger charge is -2.22. The number of hydrogen-bond donors (Lipinski definition) is 3. The molecule has 0 bridgehead atoms. The zero-order valence-corrected chi connectivity index (χ0v) is 11.2. The normalized spacial score (nSPS) is 18.9. The first kappa shape index (κ1) is 15.0. The number of amides is 2. The van der Waals surface area contributed by atoms with Crippen LogP contribution in [0.5, 0.6) is 0 Å². The molecule has 1 unspecified atom stereocenters. The van der Waals surface area contributed by atoms with E-state index in [0.717, 1.165) is 12.8 Å². The van der Waals surface area contributed by atoms with Crippen LogP contribution < -0.4 is 16.4 Å². The third-order valence-electron chi connectivity index (χ3n) is 3.40. The van der Waals surface area contributed by atoms with Crippen molar-refractivity contribution in [1.82, 2.24) is 10.6 Å². The average molecular weight is 255 g/mol. The molecule has 5 heteroatoms. The second-order valence-electron chi connectivity index (χ2n) is 4.97. The maximum Gasteiger partial charge on any atom is 0.235 e. The molecule has 0 aliphatic heterocycles. The molecular formula is C13H25N3O2. The molecule has 0 aromatic heterocycles. The van der Waals surface area contributed by atoms with Crippen molar-refractivity contribution in [1.29, 1.82) is 0 Å². The summed E-state index contributed by atoms with van der Waals surface area (Å²) in [5, 5.41) is 5.94. The lowest BCUT2D eigenvalue weighted by atomic mass is 10.1. The minimum Gasteiger partial charge on any atom is -0.368 e. The SMILES string of the molecule is CCNC(=O)CC(NC1CCCCCC1)C(N)=O. The Morgan fingerprint density at radius 1 is 1.22 bits per heavy atom. The van der Waals surface area contributed by atoms with E-state index in [9.17, 15) is 9.59 Å². The lowest BCUT2D eigenvalue weighted by molar-refractivity contribution is -0.126. The third-order valence-corrected chi connectivity index (χ3v) is 3.40. The lowest BCUT2D eigenvalue weighted by Crippen LogP contribution is -2.48. The van der Waals surface area contributed by atoms with E-state index in [1.807, 2.05) is 6.92 Å². The zero-order valence-electron chi connectivity index (χ0n) is 11.2. The van der Waals surface area contributed by atoms with Crippen molar-refractivity contribution >= 4 is 11.8 Å². The fourth-order valence-electron chi connectivity index (χ4n) is 2.43. The Bertz CT molecular complexity index is 273. The van der Waals surface area contributed by atoms with Crippen molar-refractivity contribution < 1.29 is 9.59 Å². The molecule has 1 atom stereocenters. The first-order valence-electron chi connectivity index (χ1n) is 6.95. The van der Waals surface area contributed by atoms with E-state index in [0.29, 0.717) is 12.6 Å². The van der Waals surface area contributed by atoms with Gasteiger partial charge in [-0.15, -0.1) is 0 Å². The molecule has 0 aromatic carbocycles. The van der Waals surface area contributed by atoms with E-state index in [1.54, 1.807) is 0 Å². The van der Waals surface area contributed by atoms with Gasteiger partial charge in [-0.1, -0.05) is 25.7 Å². The van der Waals surface area contributed by atoms with Crippen LogP contribution in [0.4, 0.5) is 0 Å². The second kappa shape index (κ2) is 8.08. The third kappa shape index (κ3) is 5.49. The van der Waals surface area contributed by atoms with Crippen LogP contribution in [-0.2, 0) is 9.59 Å². The minimum absolute atomic E-state index is 0.123. The van der Waals surface area contributed by atoms with Crippen molar-refractivity contribution in [3.8, 4) is 0 Å². The van der Waals surface area contributed by atoms with E-state index in [-0.39, 0.29) is 12.3 Å². The van der Waals surface area contributed by atoms with Crippen LogP contribution >= 0.6 is 0 Å². The van der Waals surface area contributed by atoms with Crippen LogP contribution in [-0.4, -0.2) is 30.4 Å². The molecule has 0 aromatic rings. The molecule has 4 N–H and O–H groups in total. The van der Waals surface area contributed by atoms with Crippen LogP contribution in [0, 0.1) is 0 Å². The summed E-state index contributed by atoms with van der Waals surface area (Å²) >= 11 is 0. The monoisotopic (exact) mass is 255 g/mol. The number of primary amides is 1. The number of nitrogens with one attached hydrogen (secondary N) is 2. The zero-order chi connectivity index (χ0) is 13.4. The Morgan fingerprint density at radius 3 is 2.33 bits per heavy atom. The number of hydrogen-bond acceptors (Lipinski definition) is 3. The molecule has 1 fully saturated rings. The van der Waals surface area contributed by atoms with Crippen molar-refractivity contribution in [2.75, 3.05) is 6.54 Å². The molecule has 104 valence electrons. The minimum atomic E-state index is -0.542. The van der Waals surface area contributed by atoms with Gasteiger partial charge in [0.25, 0.3) is 0 Å². The van der Waals surface area contributed by atoms with Crippen molar-refractivity contribution in [3.05, 3.63) is 0 Å². The van der Waals surface area contributed by atoms with Crippen molar-refractivity contribution in [2.24, 2.45) is 5.73 Å². The highest BCUT2D eigenvalue weighted by atomic mass is 16.2. The van der Waals surface area contributed by atoms with Crippen LogP contribution in [0.2, 0.25) is 0 Å². The number of rotatable bonds is 6. The quantitative estimate of drug-likeness (QED) is 0.610. The van der Waals surface area contributed by atoms with Crippen molar-refractivity contribution in [3.63, 3.8) is 0 Å². The van der Waals surface area contributed by atoms with Gasteiger partial charge in [0.05, 0.1) is 12.5 Å². The predicted molar refractivity (Wildman–Crippen MR) is 70.9 cm³/mol. The molecule has 18 heavy (non-hydrogen) atoms.